The average Bonchev–Trinajstić information content (AvgIpc) is 2.31. The minimum absolute atomic E-state index is 0.00341. The van der Waals surface area contributed by atoms with Gasteiger partial charge in [0.25, 0.3) is 0 Å². The van der Waals surface area contributed by atoms with Crippen molar-refractivity contribution < 1.29 is 23.5 Å². The number of hydrogen-bond acceptors (Lipinski definition) is 5. The van der Waals surface area contributed by atoms with Crippen LogP contribution in [0.3, 0.4) is 0 Å². The fourth-order valence-electron chi connectivity index (χ4n) is 3.45. The predicted molar refractivity (Wildman–Crippen MR) is 89.0 cm³/mol. The van der Waals surface area contributed by atoms with Crippen molar-refractivity contribution in [3.63, 3.8) is 0 Å². The molecule has 0 aliphatic heterocycles. The van der Waals surface area contributed by atoms with E-state index < -0.39 is 19.5 Å². The lowest BCUT2D eigenvalue weighted by Crippen LogP contribution is -2.67. The molecule has 0 aliphatic carbocycles. The molecule has 6 heteroatoms. The molecule has 0 heterocycles. The molecule has 0 amide bonds. The van der Waals surface area contributed by atoms with Crippen LogP contribution in [0, 0.1) is 0 Å². The monoisotopic (exact) mass is 332 g/mol. The summed E-state index contributed by atoms with van der Waals surface area (Å²) in [7, 11) is -2.62. The first-order chi connectivity index (χ1) is 9.89. The lowest BCUT2D eigenvalue weighted by molar-refractivity contribution is -0.161. The molecule has 0 rings (SSSR count). The third kappa shape index (κ3) is 4.81. The highest BCUT2D eigenvalue weighted by Crippen LogP contribution is 2.44. The first-order valence-electron chi connectivity index (χ1n) is 7.89. The van der Waals surface area contributed by atoms with Crippen molar-refractivity contribution in [3.05, 3.63) is 0 Å². The zero-order valence-corrected chi connectivity index (χ0v) is 16.5. The van der Waals surface area contributed by atoms with E-state index in [1.165, 1.54) is 13.8 Å². The van der Waals surface area contributed by atoms with Crippen molar-refractivity contribution in [2.45, 2.75) is 84.7 Å². The number of hydrogen-bond donors (Lipinski definition) is 0. The second-order valence-corrected chi connectivity index (χ2v) is 12.1. The summed E-state index contributed by atoms with van der Waals surface area (Å²) in [6.45, 7) is 16.9. The van der Waals surface area contributed by atoms with Crippen LogP contribution in [0.15, 0.2) is 0 Å². The second kappa shape index (κ2) is 8.11. The molecule has 0 bridgehead atoms. The standard InChI is InChI=1S/C16H32O5Si/c1-11(2)21-22(12(3)4,13(5)6)16(9,20-15(8)18)10-19-14(7)17/h11-13H,10H2,1-9H3. The predicted octanol–water partition coefficient (Wildman–Crippen LogP) is 3.60. The Kier molecular flexibility index (Phi) is 7.78. The molecule has 1 atom stereocenters. The molecule has 0 spiro atoms. The smallest absolute Gasteiger partial charge is 0.303 e. The van der Waals surface area contributed by atoms with Crippen LogP contribution in [-0.4, -0.2) is 38.2 Å². The highest BCUT2D eigenvalue weighted by molar-refractivity contribution is 6.79. The van der Waals surface area contributed by atoms with Crippen molar-refractivity contribution in [2.75, 3.05) is 6.61 Å². The summed E-state index contributed by atoms with van der Waals surface area (Å²) in [5, 5.41) is -0.933. The summed E-state index contributed by atoms with van der Waals surface area (Å²) in [4.78, 5) is 23.0. The number of ether oxygens (including phenoxy) is 2. The second-order valence-electron chi connectivity index (χ2n) is 6.87. The van der Waals surface area contributed by atoms with Gasteiger partial charge in [0.15, 0.2) is 5.22 Å². The summed E-state index contributed by atoms with van der Waals surface area (Å²) in [6.07, 6.45) is 0.00341. The van der Waals surface area contributed by atoms with Crippen LogP contribution < -0.4 is 0 Å². The van der Waals surface area contributed by atoms with Crippen LogP contribution in [0.4, 0.5) is 0 Å². The van der Waals surface area contributed by atoms with Crippen molar-refractivity contribution >= 4 is 20.3 Å². The summed E-state index contributed by atoms with van der Waals surface area (Å²) in [5.74, 6) is -0.779. The van der Waals surface area contributed by atoms with Gasteiger partial charge >= 0.3 is 11.9 Å². The highest BCUT2D eigenvalue weighted by atomic mass is 28.4. The Morgan fingerprint density at radius 3 is 1.68 bits per heavy atom. The van der Waals surface area contributed by atoms with E-state index in [-0.39, 0.29) is 29.8 Å². The summed E-state index contributed by atoms with van der Waals surface area (Å²) in [5.41, 5.74) is 0.379. The number of esters is 2. The van der Waals surface area contributed by atoms with Gasteiger partial charge in [-0.3, -0.25) is 9.59 Å². The van der Waals surface area contributed by atoms with Gasteiger partial charge in [-0.15, -0.1) is 0 Å². The van der Waals surface area contributed by atoms with E-state index in [1.807, 2.05) is 20.8 Å². The molecule has 5 nitrogen and oxygen atoms in total. The minimum atomic E-state index is -2.62. The Hall–Kier alpha value is -0.883. The van der Waals surface area contributed by atoms with Gasteiger partial charge in [-0.25, -0.2) is 0 Å². The van der Waals surface area contributed by atoms with E-state index in [0.29, 0.717) is 0 Å². The molecule has 0 aromatic heterocycles. The topological polar surface area (TPSA) is 61.8 Å². The molecule has 130 valence electrons. The fourth-order valence-corrected chi connectivity index (χ4v) is 9.40. The van der Waals surface area contributed by atoms with Gasteiger partial charge in [-0.2, -0.15) is 0 Å². The normalized spacial score (nSPS) is 15.1. The molecule has 1 unspecified atom stereocenters. The van der Waals surface area contributed by atoms with Crippen LogP contribution in [0.25, 0.3) is 0 Å². The lowest BCUT2D eigenvalue weighted by Gasteiger charge is -2.50. The van der Waals surface area contributed by atoms with E-state index in [9.17, 15) is 9.59 Å². The maximum absolute atomic E-state index is 11.7. The maximum atomic E-state index is 11.7. The largest absolute Gasteiger partial charge is 0.462 e. The Labute approximate surface area is 135 Å². The first kappa shape index (κ1) is 21.1. The van der Waals surface area contributed by atoms with Gasteiger partial charge in [0.1, 0.15) is 6.61 Å². The van der Waals surface area contributed by atoms with Crippen LogP contribution >= 0.6 is 0 Å². The zero-order valence-electron chi connectivity index (χ0n) is 15.5. The number of carbonyl (C=O) groups excluding carboxylic acids is 2. The quantitative estimate of drug-likeness (QED) is 0.502. The van der Waals surface area contributed by atoms with E-state index in [2.05, 4.69) is 27.7 Å². The third-order valence-corrected chi connectivity index (χ3v) is 10.1. The van der Waals surface area contributed by atoms with Crippen LogP contribution in [0.5, 0.6) is 0 Å². The molecule has 0 aliphatic rings. The van der Waals surface area contributed by atoms with Gasteiger partial charge in [0.2, 0.25) is 8.32 Å². The van der Waals surface area contributed by atoms with Crippen molar-refractivity contribution in [1.29, 1.82) is 0 Å². The molecule has 0 fully saturated rings. The van der Waals surface area contributed by atoms with Gasteiger partial charge in [0, 0.05) is 20.0 Å². The van der Waals surface area contributed by atoms with E-state index >= 15 is 0 Å². The SMILES string of the molecule is CC(=O)OCC(C)(OC(C)=O)[Si](OC(C)C)(C(C)C)C(C)C. The number of rotatable bonds is 8. The minimum Gasteiger partial charge on any atom is -0.462 e. The average molecular weight is 333 g/mol. The van der Waals surface area contributed by atoms with E-state index in [0.717, 1.165) is 0 Å². The molecular weight excluding hydrogens is 300 g/mol. The lowest BCUT2D eigenvalue weighted by atomic mass is 10.4. The molecule has 0 saturated heterocycles. The summed E-state index contributed by atoms with van der Waals surface area (Å²) < 4.78 is 17.4. The van der Waals surface area contributed by atoms with Crippen LogP contribution in [-0.2, 0) is 23.5 Å². The maximum Gasteiger partial charge on any atom is 0.303 e. The molecule has 0 saturated carbocycles. The van der Waals surface area contributed by atoms with Crippen molar-refractivity contribution in [2.24, 2.45) is 0 Å². The fraction of sp³-hybridized carbons (Fsp3) is 0.875. The highest BCUT2D eigenvalue weighted by Gasteiger charge is 2.60. The van der Waals surface area contributed by atoms with E-state index in [1.54, 1.807) is 0 Å². The van der Waals surface area contributed by atoms with Crippen molar-refractivity contribution in [3.8, 4) is 0 Å². The van der Waals surface area contributed by atoms with Crippen LogP contribution in [0.2, 0.25) is 11.1 Å². The number of carbonyl (C=O) groups is 2. The molecular formula is C16H32O5Si. The Morgan fingerprint density at radius 1 is 0.955 bits per heavy atom. The van der Waals surface area contributed by atoms with Gasteiger partial charge in [0.05, 0.1) is 0 Å². The van der Waals surface area contributed by atoms with Crippen LogP contribution in [0.1, 0.15) is 62.3 Å². The van der Waals surface area contributed by atoms with E-state index in [4.69, 9.17) is 13.9 Å². The van der Waals surface area contributed by atoms with Gasteiger partial charge in [-0.1, -0.05) is 27.7 Å². The molecule has 0 radical (unpaired) electrons. The molecule has 0 aromatic carbocycles. The summed E-state index contributed by atoms with van der Waals surface area (Å²) >= 11 is 0. The molecule has 22 heavy (non-hydrogen) atoms. The Bertz CT molecular complexity index is 384. The van der Waals surface area contributed by atoms with Gasteiger partial charge < -0.3 is 13.9 Å². The molecule has 0 N–H and O–H groups in total. The Morgan fingerprint density at radius 2 is 1.41 bits per heavy atom. The zero-order chi connectivity index (χ0) is 17.7. The Balaban J connectivity index is 5.99. The van der Waals surface area contributed by atoms with Gasteiger partial charge in [-0.05, 0) is 31.9 Å². The first-order valence-corrected chi connectivity index (χ1v) is 9.96. The van der Waals surface area contributed by atoms with Crippen molar-refractivity contribution in [1.82, 2.24) is 0 Å². The summed E-state index contributed by atoms with van der Waals surface area (Å²) in [6, 6.07) is 0. The molecule has 0 aromatic rings. The third-order valence-electron chi connectivity index (χ3n) is 3.89.